The quantitative estimate of drug-likeness (QED) is 0.733. The third kappa shape index (κ3) is 3.08. The number of rotatable bonds is 4. The van der Waals surface area contributed by atoms with Crippen LogP contribution in [-0.4, -0.2) is 35.9 Å². The van der Waals surface area contributed by atoms with Crippen LogP contribution in [0.4, 0.5) is 5.82 Å². The Morgan fingerprint density at radius 3 is 2.58 bits per heavy atom. The maximum absolute atomic E-state index is 11.3. The van der Waals surface area contributed by atoms with Crippen molar-refractivity contribution in [2.24, 2.45) is 0 Å². The minimum Gasteiger partial charge on any atom is -0.338 e. The number of carbonyl (C=O) groups is 2. The summed E-state index contributed by atoms with van der Waals surface area (Å²) in [6.45, 7) is 1.17. The van der Waals surface area contributed by atoms with Gasteiger partial charge in [0.1, 0.15) is 5.82 Å². The molecule has 2 amide bonds. The summed E-state index contributed by atoms with van der Waals surface area (Å²) < 4.78 is 0. The van der Waals surface area contributed by atoms with Crippen LogP contribution >= 0.6 is 0 Å². The van der Waals surface area contributed by atoms with E-state index in [1.54, 1.807) is 11.1 Å². The molecule has 0 spiro atoms. The van der Waals surface area contributed by atoms with Crippen molar-refractivity contribution >= 4 is 17.6 Å². The zero-order valence-corrected chi connectivity index (χ0v) is 10.6. The van der Waals surface area contributed by atoms with Crippen molar-refractivity contribution in [3.63, 3.8) is 0 Å². The van der Waals surface area contributed by atoms with E-state index in [1.165, 1.54) is 12.8 Å². The highest BCUT2D eigenvalue weighted by molar-refractivity contribution is 6.02. The largest absolute Gasteiger partial charge is 0.338 e. The van der Waals surface area contributed by atoms with Crippen molar-refractivity contribution in [2.45, 2.75) is 25.4 Å². The fourth-order valence-electron chi connectivity index (χ4n) is 2.06. The highest BCUT2D eigenvalue weighted by atomic mass is 16.2. The minimum absolute atomic E-state index is 0.179. The predicted octanol–water partition coefficient (Wildman–Crippen LogP) is -0.204. The second-order valence-corrected chi connectivity index (χ2v) is 5.01. The Hall–Kier alpha value is -1.95. The topological polar surface area (TPSA) is 74.3 Å². The first-order chi connectivity index (χ1) is 9.20. The van der Waals surface area contributed by atoms with Gasteiger partial charge in [0.2, 0.25) is 11.8 Å². The highest BCUT2D eigenvalue weighted by Gasteiger charge is 2.23. The maximum atomic E-state index is 11.3. The maximum Gasteiger partial charge on any atom is 0.246 e. The van der Waals surface area contributed by atoms with Gasteiger partial charge in [-0.1, -0.05) is 6.07 Å². The molecule has 0 unspecified atom stereocenters. The molecule has 6 nitrogen and oxygen atoms in total. The molecule has 6 heteroatoms. The van der Waals surface area contributed by atoms with E-state index in [4.69, 9.17) is 0 Å². The molecule has 1 aromatic heterocycles. The number of hydrogen-bond donors (Lipinski definition) is 2. The Kier molecular flexibility index (Phi) is 3.16. The molecule has 0 radical (unpaired) electrons. The van der Waals surface area contributed by atoms with E-state index in [9.17, 15) is 9.59 Å². The van der Waals surface area contributed by atoms with Crippen molar-refractivity contribution in [3.8, 4) is 0 Å². The fraction of sp³-hybridized carbons (Fsp3) is 0.462. The van der Waals surface area contributed by atoms with Crippen LogP contribution in [0.1, 0.15) is 18.4 Å². The van der Waals surface area contributed by atoms with Gasteiger partial charge in [-0.25, -0.2) is 4.98 Å². The summed E-state index contributed by atoms with van der Waals surface area (Å²) in [5, 5.41) is 5.69. The number of nitrogens with one attached hydrogen (secondary N) is 2. The normalized spacial score (nSPS) is 19.5. The first-order valence-electron chi connectivity index (χ1n) is 6.46. The van der Waals surface area contributed by atoms with Gasteiger partial charge in [0.05, 0.1) is 13.1 Å². The molecular formula is C13H16N4O2. The highest BCUT2D eigenvalue weighted by Crippen LogP contribution is 2.19. The lowest BCUT2D eigenvalue weighted by molar-refractivity contribution is -0.130. The van der Waals surface area contributed by atoms with E-state index in [-0.39, 0.29) is 24.9 Å². The molecule has 3 rings (SSSR count). The average molecular weight is 260 g/mol. The summed E-state index contributed by atoms with van der Waals surface area (Å²) >= 11 is 0. The van der Waals surface area contributed by atoms with Crippen LogP contribution in [0.3, 0.4) is 0 Å². The van der Waals surface area contributed by atoms with Gasteiger partial charge in [0, 0.05) is 18.8 Å². The van der Waals surface area contributed by atoms with Gasteiger partial charge < -0.3 is 10.2 Å². The fourth-order valence-corrected chi connectivity index (χ4v) is 2.06. The van der Waals surface area contributed by atoms with Crippen molar-refractivity contribution < 1.29 is 9.59 Å². The molecule has 0 atom stereocenters. The summed E-state index contributed by atoms with van der Waals surface area (Å²) in [5.74, 6) is 0.105. The molecule has 2 N–H and O–H groups in total. The lowest BCUT2D eigenvalue weighted by atomic mass is 10.2. The van der Waals surface area contributed by atoms with E-state index in [0.717, 1.165) is 12.1 Å². The molecule has 2 aliphatic rings. The zero-order valence-electron chi connectivity index (χ0n) is 10.6. The number of amides is 2. The summed E-state index contributed by atoms with van der Waals surface area (Å²) in [6.07, 6.45) is 4.31. The monoisotopic (exact) mass is 260 g/mol. The summed E-state index contributed by atoms with van der Waals surface area (Å²) in [4.78, 5) is 28.6. The number of carbonyl (C=O) groups excluding carboxylic acids is 2. The molecule has 1 aliphatic heterocycles. The van der Waals surface area contributed by atoms with Gasteiger partial charge in [-0.3, -0.25) is 14.9 Å². The smallest absolute Gasteiger partial charge is 0.246 e. The Morgan fingerprint density at radius 1 is 1.26 bits per heavy atom. The summed E-state index contributed by atoms with van der Waals surface area (Å²) in [5.41, 5.74) is 1.11. The van der Waals surface area contributed by atoms with Crippen molar-refractivity contribution in [1.29, 1.82) is 0 Å². The molecule has 2 fully saturated rings. The number of nitrogens with zero attached hydrogens (tertiary/aromatic N) is 2. The minimum atomic E-state index is -0.280. The van der Waals surface area contributed by atoms with Crippen LogP contribution < -0.4 is 15.5 Å². The van der Waals surface area contributed by atoms with Crippen LogP contribution in [0, 0.1) is 0 Å². The number of hydrogen-bond acceptors (Lipinski definition) is 5. The Balaban J connectivity index is 1.63. The SMILES string of the molecule is O=C1CN(c2ccc(CNC3CC3)cn2)CC(=O)N1. The lowest BCUT2D eigenvalue weighted by Gasteiger charge is -2.26. The molecular weight excluding hydrogens is 244 g/mol. The van der Waals surface area contributed by atoms with Crippen LogP contribution in [0.15, 0.2) is 18.3 Å². The van der Waals surface area contributed by atoms with Crippen molar-refractivity contribution in [3.05, 3.63) is 23.9 Å². The molecule has 1 aromatic rings. The predicted molar refractivity (Wildman–Crippen MR) is 69.5 cm³/mol. The molecule has 0 bridgehead atoms. The van der Waals surface area contributed by atoms with Crippen LogP contribution in [0.2, 0.25) is 0 Å². The van der Waals surface area contributed by atoms with Crippen LogP contribution in [0.25, 0.3) is 0 Å². The summed E-state index contributed by atoms with van der Waals surface area (Å²) in [6, 6.07) is 4.51. The second-order valence-electron chi connectivity index (χ2n) is 5.01. The second kappa shape index (κ2) is 4.97. The number of imide groups is 1. The van der Waals surface area contributed by atoms with E-state index >= 15 is 0 Å². The van der Waals surface area contributed by atoms with Crippen molar-refractivity contribution in [1.82, 2.24) is 15.6 Å². The number of piperazine rings is 1. The molecule has 19 heavy (non-hydrogen) atoms. The Morgan fingerprint density at radius 2 is 2.00 bits per heavy atom. The van der Waals surface area contributed by atoms with Gasteiger partial charge in [0.15, 0.2) is 0 Å². The van der Waals surface area contributed by atoms with Gasteiger partial charge in [-0.05, 0) is 24.5 Å². The zero-order chi connectivity index (χ0) is 13.2. The molecule has 100 valence electrons. The molecule has 1 saturated carbocycles. The number of aromatic nitrogens is 1. The van der Waals surface area contributed by atoms with E-state index < -0.39 is 0 Å². The number of anilines is 1. The third-order valence-electron chi connectivity index (χ3n) is 3.25. The van der Waals surface area contributed by atoms with Crippen LogP contribution in [-0.2, 0) is 16.1 Å². The lowest BCUT2D eigenvalue weighted by Crippen LogP contribution is -2.51. The van der Waals surface area contributed by atoms with Crippen LogP contribution in [0.5, 0.6) is 0 Å². The van der Waals surface area contributed by atoms with E-state index in [2.05, 4.69) is 15.6 Å². The van der Waals surface area contributed by atoms with Gasteiger partial charge in [0.25, 0.3) is 0 Å². The summed E-state index contributed by atoms with van der Waals surface area (Å²) in [7, 11) is 0. The van der Waals surface area contributed by atoms with Crippen molar-refractivity contribution in [2.75, 3.05) is 18.0 Å². The van der Waals surface area contributed by atoms with Gasteiger partial charge >= 0.3 is 0 Å². The first kappa shape index (κ1) is 12.1. The van der Waals surface area contributed by atoms with E-state index in [0.29, 0.717) is 11.9 Å². The Labute approximate surface area is 111 Å². The standard InChI is InChI=1S/C13H16N4O2/c18-12-7-17(8-13(19)16-12)11-4-1-9(6-15-11)5-14-10-2-3-10/h1,4,6,10,14H,2-3,5,7-8H2,(H,16,18,19). The molecule has 1 aliphatic carbocycles. The molecule has 2 heterocycles. The van der Waals surface area contributed by atoms with Gasteiger partial charge in [-0.2, -0.15) is 0 Å². The van der Waals surface area contributed by atoms with Gasteiger partial charge in [-0.15, -0.1) is 0 Å². The first-order valence-corrected chi connectivity index (χ1v) is 6.46. The average Bonchev–Trinajstić information content (AvgIpc) is 3.20. The third-order valence-corrected chi connectivity index (χ3v) is 3.25. The number of pyridine rings is 1. The Bertz CT molecular complexity index is 480. The molecule has 1 saturated heterocycles. The molecule has 0 aromatic carbocycles. The van der Waals surface area contributed by atoms with E-state index in [1.807, 2.05) is 12.1 Å².